The fourth-order valence-electron chi connectivity index (χ4n) is 1.69. The van der Waals surface area contributed by atoms with Crippen LogP contribution in [0.4, 0.5) is 10.1 Å². The van der Waals surface area contributed by atoms with Crippen molar-refractivity contribution in [3.8, 4) is 11.5 Å². The van der Waals surface area contributed by atoms with Crippen LogP contribution in [0.1, 0.15) is 5.56 Å². The first kappa shape index (κ1) is 14.7. The molecule has 2 aromatic rings. The summed E-state index contributed by atoms with van der Waals surface area (Å²) in [5.74, 6) is -1.51. The van der Waals surface area contributed by atoms with Gasteiger partial charge in [0.25, 0.3) is 0 Å². The molecule has 0 aromatic heterocycles. The van der Waals surface area contributed by atoms with E-state index in [4.69, 9.17) is 27.5 Å². The third-order valence-electron chi connectivity index (χ3n) is 2.58. The average Bonchev–Trinajstić information content (AvgIpc) is 2.40. The van der Waals surface area contributed by atoms with Crippen LogP contribution in [0.15, 0.2) is 36.4 Å². The molecule has 2 aromatic carbocycles. The molecule has 6 nitrogen and oxygen atoms in total. The number of nitrogens with zero attached hydrogens (tertiary/aromatic N) is 1. The third-order valence-corrected chi connectivity index (χ3v) is 2.82. The van der Waals surface area contributed by atoms with Crippen LogP contribution in [-0.2, 0) is 0 Å². The number of rotatable bonds is 4. The van der Waals surface area contributed by atoms with Crippen molar-refractivity contribution in [2.24, 2.45) is 5.73 Å². The van der Waals surface area contributed by atoms with Gasteiger partial charge in [0.15, 0.2) is 0 Å². The van der Waals surface area contributed by atoms with Gasteiger partial charge in [-0.1, -0.05) is 17.7 Å². The summed E-state index contributed by atoms with van der Waals surface area (Å²) in [5.41, 5.74) is 4.66. The summed E-state index contributed by atoms with van der Waals surface area (Å²) in [6.45, 7) is 0. The molecule has 0 bridgehead atoms. The number of hydrogen-bond acceptors (Lipinski definition) is 4. The van der Waals surface area contributed by atoms with Gasteiger partial charge in [-0.2, -0.15) is 0 Å². The lowest BCUT2D eigenvalue weighted by Crippen LogP contribution is -2.14. The number of nitrogens with two attached hydrogens (primary N) is 1. The number of halogens is 2. The van der Waals surface area contributed by atoms with Gasteiger partial charge in [0.05, 0.1) is 10.5 Å². The molecule has 0 spiro atoms. The van der Waals surface area contributed by atoms with Crippen LogP contribution >= 0.6 is 11.6 Å². The number of benzene rings is 2. The van der Waals surface area contributed by atoms with E-state index in [1.165, 1.54) is 24.3 Å². The van der Waals surface area contributed by atoms with Crippen LogP contribution in [0.3, 0.4) is 0 Å². The summed E-state index contributed by atoms with van der Waals surface area (Å²) >= 11 is 5.70. The van der Waals surface area contributed by atoms with Gasteiger partial charge in [-0.3, -0.25) is 15.5 Å². The molecule has 0 aliphatic heterocycles. The Labute approximate surface area is 123 Å². The second-order valence-electron chi connectivity index (χ2n) is 4.00. The van der Waals surface area contributed by atoms with Gasteiger partial charge in [0.2, 0.25) is 5.75 Å². The lowest BCUT2D eigenvalue weighted by Gasteiger charge is -2.11. The Morgan fingerprint density at radius 3 is 2.67 bits per heavy atom. The van der Waals surface area contributed by atoms with Crippen molar-refractivity contribution in [3.05, 3.63) is 62.9 Å². The highest BCUT2D eigenvalue weighted by molar-refractivity contribution is 6.30. The van der Waals surface area contributed by atoms with E-state index in [1.54, 1.807) is 0 Å². The van der Waals surface area contributed by atoms with Crippen LogP contribution in [0.25, 0.3) is 0 Å². The second-order valence-corrected chi connectivity index (χ2v) is 4.43. The monoisotopic (exact) mass is 309 g/mol. The molecule has 0 saturated carbocycles. The predicted molar refractivity (Wildman–Crippen MR) is 75.6 cm³/mol. The molecule has 0 radical (unpaired) electrons. The first-order valence-electron chi connectivity index (χ1n) is 5.65. The average molecular weight is 310 g/mol. The largest absolute Gasteiger partial charge is 0.449 e. The minimum atomic E-state index is -0.753. The van der Waals surface area contributed by atoms with E-state index in [0.717, 1.165) is 12.1 Å². The Kier molecular flexibility index (Phi) is 4.04. The molecule has 0 amide bonds. The lowest BCUT2D eigenvalue weighted by molar-refractivity contribution is -0.385. The smallest absolute Gasteiger partial charge is 0.313 e. The molecule has 8 heteroatoms. The highest BCUT2D eigenvalue weighted by atomic mass is 35.5. The molecule has 0 unspecified atom stereocenters. The quantitative estimate of drug-likeness (QED) is 0.390. The van der Waals surface area contributed by atoms with Crippen LogP contribution in [-0.4, -0.2) is 10.8 Å². The van der Waals surface area contributed by atoms with Crippen molar-refractivity contribution in [2.45, 2.75) is 0 Å². The number of ether oxygens (including phenoxy) is 1. The first-order valence-corrected chi connectivity index (χ1v) is 6.02. The highest BCUT2D eigenvalue weighted by Crippen LogP contribution is 2.35. The SMILES string of the molecule is N=C(N)c1c(F)cccc1Oc1ccc(Cl)cc1[N+](=O)[O-]. The van der Waals surface area contributed by atoms with Gasteiger partial charge in [0.1, 0.15) is 17.4 Å². The number of nitrogen functional groups attached to an aromatic ring is 1. The first-order chi connectivity index (χ1) is 9.90. The summed E-state index contributed by atoms with van der Waals surface area (Å²) in [5, 5.41) is 18.5. The molecular weight excluding hydrogens is 301 g/mol. The summed E-state index contributed by atoms with van der Waals surface area (Å²) in [7, 11) is 0. The molecule has 3 N–H and O–H groups in total. The number of nitrogens with one attached hydrogen (secondary N) is 1. The van der Waals surface area contributed by atoms with E-state index < -0.39 is 16.6 Å². The Bertz CT molecular complexity index is 737. The van der Waals surface area contributed by atoms with Crippen molar-refractivity contribution in [2.75, 3.05) is 0 Å². The van der Waals surface area contributed by atoms with Crippen LogP contribution in [0, 0.1) is 21.3 Å². The molecule has 0 fully saturated rings. The topological polar surface area (TPSA) is 102 Å². The minimum absolute atomic E-state index is 0.0899. The summed E-state index contributed by atoms with van der Waals surface area (Å²) in [6, 6.07) is 7.62. The highest BCUT2D eigenvalue weighted by Gasteiger charge is 2.19. The van der Waals surface area contributed by atoms with Crippen molar-refractivity contribution >= 4 is 23.1 Å². The molecule has 21 heavy (non-hydrogen) atoms. The maximum Gasteiger partial charge on any atom is 0.313 e. The summed E-state index contributed by atoms with van der Waals surface area (Å²) < 4.78 is 19.0. The van der Waals surface area contributed by atoms with Gasteiger partial charge in [0, 0.05) is 11.1 Å². The van der Waals surface area contributed by atoms with Crippen molar-refractivity contribution < 1.29 is 14.1 Å². The fourth-order valence-corrected chi connectivity index (χ4v) is 1.86. The normalized spacial score (nSPS) is 10.2. The second kappa shape index (κ2) is 5.76. The van der Waals surface area contributed by atoms with Gasteiger partial charge in [-0.05, 0) is 24.3 Å². The van der Waals surface area contributed by atoms with Gasteiger partial charge < -0.3 is 10.5 Å². The van der Waals surface area contributed by atoms with Gasteiger partial charge in [-0.25, -0.2) is 4.39 Å². The van der Waals surface area contributed by atoms with E-state index in [0.29, 0.717) is 0 Å². The van der Waals surface area contributed by atoms with E-state index in [-0.39, 0.29) is 27.8 Å². The van der Waals surface area contributed by atoms with E-state index in [2.05, 4.69) is 0 Å². The van der Waals surface area contributed by atoms with Gasteiger partial charge in [-0.15, -0.1) is 0 Å². The van der Waals surface area contributed by atoms with E-state index >= 15 is 0 Å². The van der Waals surface area contributed by atoms with E-state index in [9.17, 15) is 14.5 Å². The number of hydrogen-bond donors (Lipinski definition) is 2. The molecule has 0 aliphatic rings. The maximum atomic E-state index is 13.7. The predicted octanol–water partition coefficient (Wildman–Crippen LogP) is 3.46. The van der Waals surface area contributed by atoms with Crippen molar-refractivity contribution in [1.29, 1.82) is 5.41 Å². The fraction of sp³-hybridized carbons (Fsp3) is 0. The number of nitro groups is 1. The molecule has 0 saturated heterocycles. The molecule has 0 atom stereocenters. The molecule has 0 aliphatic carbocycles. The summed E-state index contributed by atoms with van der Waals surface area (Å²) in [4.78, 5) is 10.3. The van der Waals surface area contributed by atoms with Crippen molar-refractivity contribution in [3.63, 3.8) is 0 Å². The van der Waals surface area contributed by atoms with Gasteiger partial charge >= 0.3 is 5.69 Å². The number of amidine groups is 1. The standard InChI is InChI=1S/C13H9ClFN3O3/c14-7-4-5-10(9(6-7)18(19)20)21-11-3-1-2-8(15)12(11)13(16)17/h1-6H,(H3,16,17). The Morgan fingerprint density at radius 1 is 1.33 bits per heavy atom. The number of nitro benzene ring substituents is 1. The zero-order valence-electron chi connectivity index (χ0n) is 10.5. The minimum Gasteiger partial charge on any atom is -0.449 e. The zero-order chi connectivity index (χ0) is 15.6. The molecule has 0 heterocycles. The lowest BCUT2D eigenvalue weighted by atomic mass is 10.1. The van der Waals surface area contributed by atoms with Crippen LogP contribution < -0.4 is 10.5 Å². The molecule has 108 valence electrons. The Morgan fingerprint density at radius 2 is 2.05 bits per heavy atom. The third kappa shape index (κ3) is 3.09. The Hall–Kier alpha value is -2.67. The van der Waals surface area contributed by atoms with E-state index in [1.807, 2.05) is 0 Å². The van der Waals surface area contributed by atoms with Crippen LogP contribution in [0.5, 0.6) is 11.5 Å². The molecular formula is C13H9ClFN3O3. The Balaban J connectivity index is 2.51. The van der Waals surface area contributed by atoms with Crippen LogP contribution in [0.2, 0.25) is 5.02 Å². The molecule has 2 rings (SSSR count). The maximum absolute atomic E-state index is 13.7. The zero-order valence-corrected chi connectivity index (χ0v) is 11.2. The summed E-state index contributed by atoms with van der Waals surface area (Å²) in [6.07, 6.45) is 0. The van der Waals surface area contributed by atoms with Crippen molar-refractivity contribution in [1.82, 2.24) is 0 Å².